The maximum Gasteiger partial charge on any atom is 0.167 e. The molecule has 0 aliphatic rings. The van der Waals surface area contributed by atoms with Gasteiger partial charge in [0.25, 0.3) is 0 Å². The van der Waals surface area contributed by atoms with E-state index in [1.807, 2.05) is 24.3 Å². The summed E-state index contributed by atoms with van der Waals surface area (Å²) < 4.78 is 18.8. The van der Waals surface area contributed by atoms with Crippen LogP contribution in [0.5, 0.6) is 5.75 Å². The molecule has 0 aliphatic heterocycles. The van der Waals surface area contributed by atoms with Crippen LogP contribution in [0.2, 0.25) is 0 Å². The van der Waals surface area contributed by atoms with Gasteiger partial charge in [0, 0.05) is 16.9 Å². The number of benzene rings is 2. The van der Waals surface area contributed by atoms with E-state index in [2.05, 4.69) is 0 Å². The van der Waals surface area contributed by atoms with Gasteiger partial charge in [-0.25, -0.2) is 4.39 Å². The molecule has 0 atom stereocenters. The van der Waals surface area contributed by atoms with Crippen LogP contribution in [-0.4, -0.2) is 19.1 Å². The van der Waals surface area contributed by atoms with Gasteiger partial charge in [0.2, 0.25) is 0 Å². The van der Waals surface area contributed by atoms with E-state index in [9.17, 15) is 9.18 Å². The molecule has 0 saturated carbocycles. The average Bonchev–Trinajstić information content (AvgIpc) is 2.47. The van der Waals surface area contributed by atoms with E-state index in [4.69, 9.17) is 4.74 Å². The minimum atomic E-state index is -0.353. The lowest BCUT2D eigenvalue weighted by Crippen LogP contribution is -2.04. The predicted octanol–water partition coefficient (Wildman–Crippen LogP) is 3.98. The fourth-order valence-corrected chi connectivity index (χ4v) is 2.37. The fraction of sp³-hybridized carbons (Fsp3) is 0.188. The maximum absolute atomic E-state index is 13.7. The Balaban J connectivity index is 2.17. The Kier molecular flexibility index (Phi) is 4.79. The minimum absolute atomic E-state index is 0.107. The van der Waals surface area contributed by atoms with E-state index in [0.29, 0.717) is 16.2 Å². The van der Waals surface area contributed by atoms with Crippen LogP contribution >= 0.6 is 11.8 Å². The molecular weight excluding hydrogens is 275 g/mol. The van der Waals surface area contributed by atoms with E-state index in [-0.39, 0.29) is 18.0 Å². The Labute approximate surface area is 122 Å². The molecule has 0 aliphatic carbocycles. The van der Waals surface area contributed by atoms with Crippen LogP contribution in [0.25, 0.3) is 0 Å². The zero-order valence-electron chi connectivity index (χ0n) is 11.4. The second kappa shape index (κ2) is 6.57. The van der Waals surface area contributed by atoms with Gasteiger partial charge in [-0.3, -0.25) is 4.79 Å². The van der Waals surface area contributed by atoms with Gasteiger partial charge in [-0.1, -0.05) is 18.2 Å². The average molecular weight is 290 g/mol. The van der Waals surface area contributed by atoms with Crippen molar-refractivity contribution >= 4 is 17.5 Å². The third-order valence-corrected chi connectivity index (χ3v) is 3.74. The monoisotopic (exact) mass is 290 g/mol. The van der Waals surface area contributed by atoms with Gasteiger partial charge < -0.3 is 4.74 Å². The van der Waals surface area contributed by atoms with Crippen molar-refractivity contribution in [3.05, 3.63) is 59.4 Å². The number of halogens is 1. The number of hydrogen-bond donors (Lipinski definition) is 0. The van der Waals surface area contributed by atoms with Crippen molar-refractivity contribution in [2.45, 2.75) is 11.3 Å². The first kappa shape index (κ1) is 14.6. The number of methoxy groups -OCH3 is 1. The summed E-state index contributed by atoms with van der Waals surface area (Å²) in [5.41, 5.74) is 1.24. The highest BCUT2D eigenvalue weighted by molar-refractivity contribution is 7.98. The summed E-state index contributed by atoms with van der Waals surface area (Å²) in [7, 11) is 1.58. The van der Waals surface area contributed by atoms with Crippen LogP contribution in [0.1, 0.15) is 15.9 Å². The largest absolute Gasteiger partial charge is 0.497 e. The summed E-state index contributed by atoms with van der Waals surface area (Å²) in [5, 5.41) is 0. The van der Waals surface area contributed by atoms with E-state index < -0.39 is 0 Å². The fourth-order valence-electron chi connectivity index (χ4n) is 1.91. The molecule has 0 spiro atoms. The first-order valence-electron chi connectivity index (χ1n) is 6.13. The Morgan fingerprint density at radius 1 is 1.25 bits per heavy atom. The van der Waals surface area contributed by atoms with Crippen molar-refractivity contribution in [3.63, 3.8) is 0 Å². The molecule has 2 nitrogen and oxygen atoms in total. The number of ketones is 1. The van der Waals surface area contributed by atoms with Crippen LogP contribution in [0.4, 0.5) is 4.39 Å². The molecule has 0 bridgehead atoms. The van der Waals surface area contributed by atoms with Crippen molar-refractivity contribution in [2.24, 2.45) is 0 Å². The maximum atomic E-state index is 13.7. The summed E-state index contributed by atoms with van der Waals surface area (Å²) in [6.45, 7) is 0. The summed E-state index contributed by atoms with van der Waals surface area (Å²) in [4.78, 5) is 12.7. The van der Waals surface area contributed by atoms with Crippen LogP contribution in [0.3, 0.4) is 0 Å². The van der Waals surface area contributed by atoms with Crippen molar-refractivity contribution < 1.29 is 13.9 Å². The van der Waals surface area contributed by atoms with Crippen molar-refractivity contribution in [1.82, 2.24) is 0 Å². The van der Waals surface area contributed by atoms with E-state index in [1.54, 1.807) is 25.5 Å². The number of ether oxygens (including phenoxy) is 1. The van der Waals surface area contributed by atoms with Crippen LogP contribution in [-0.2, 0) is 6.42 Å². The smallest absolute Gasteiger partial charge is 0.167 e. The number of carbonyl (C=O) groups excluding carboxylic acids is 1. The SMILES string of the molecule is COc1cccc(CC(=O)c2ccc(SC)c(F)c2)c1. The molecule has 2 aromatic rings. The summed E-state index contributed by atoms with van der Waals surface area (Å²) in [6, 6.07) is 11.9. The molecule has 0 saturated heterocycles. The van der Waals surface area contributed by atoms with Crippen molar-refractivity contribution in [1.29, 1.82) is 0 Å². The summed E-state index contributed by atoms with van der Waals surface area (Å²) in [6.07, 6.45) is 2.03. The number of thioether (sulfide) groups is 1. The molecule has 4 heteroatoms. The molecule has 0 unspecified atom stereocenters. The quantitative estimate of drug-likeness (QED) is 0.615. The Bertz CT molecular complexity index is 626. The molecule has 0 fully saturated rings. The van der Waals surface area contributed by atoms with Gasteiger partial charge in [0.15, 0.2) is 5.78 Å². The van der Waals surface area contributed by atoms with Gasteiger partial charge in [-0.05, 0) is 36.1 Å². The molecule has 20 heavy (non-hydrogen) atoms. The lowest BCUT2D eigenvalue weighted by Gasteiger charge is -2.06. The zero-order valence-corrected chi connectivity index (χ0v) is 12.2. The molecule has 0 amide bonds. The standard InChI is InChI=1S/C16H15FO2S/c1-19-13-5-3-4-11(8-13)9-15(18)12-6-7-16(20-2)14(17)10-12/h3-8,10H,9H2,1-2H3. The third kappa shape index (κ3) is 3.39. The van der Waals surface area contributed by atoms with Crippen LogP contribution in [0, 0.1) is 5.82 Å². The molecule has 0 N–H and O–H groups in total. The second-order valence-corrected chi connectivity index (χ2v) is 5.15. The lowest BCUT2D eigenvalue weighted by atomic mass is 10.0. The highest BCUT2D eigenvalue weighted by Gasteiger charge is 2.10. The topological polar surface area (TPSA) is 26.3 Å². The number of rotatable bonds is 5. The number of hydrogen-bond acceptors (Lipinski definition) is 3. The van der Waals surface area contributed by atoms with Gasteiger partial charge in [-0.15, -0.1) is 11.8 Å². The predicted molar refractivity (Wildman–Crippen MR) is 79.2 cm³/mol. The third-order valence-electron chi connectivity index (χ3n) is 2.97. The van der Waals surface area contributed by atoms with E-state index >= 15 is 0 Å². The second-order valence-electron chi connectivity index (χ2n) is 4.30. The Morgan fingerprint density at radius 2 is 2.05 bits per heavy atom. The van der Waals surface area contributed by atoms with E-state index in [1.165, 1.54) is 17.8 Å². The highest BCUT2D eigenvalue weighted by atomic mass is 32.2. The van der Waals surface area contributed by atoms with Crippen LogP contribution in [0.15, 0.2) is 47.4 Å². The molecular formula is C16H15FO2S. The summed E-state index contributed by atoms with van der Waals surface area (Å²) >= 11 is 1.32. The first-order chi connectivity index (χ1) is 9.63. The number of Topliss-reactive ketones (excluding diaryl/α,β-unsaturated/α-hetero) is 1. The van der Waals surface area contributed by atoms with Crippen molar-refractivity contribution in [2.75, 3.05) is 13.4 Å². The van der Waals surface area contributed by atoms with E-state index in [0.717, 1.165) is 5.56 Å². The minimum Gasteiger partial charge on any atom is -0.497 e. The summed E-state index contributed by atoms with van der Waals surface area (Å²) in [5.74, 6) is 0.248. The molecule has 0 aromatic heterocycles. The Morgan fingerprint density at radius 3 is 2.70 bits per heavy atom. The molecule has 2 rings (SSSR count). The molecule has 2 aromatic carbocycles. The highest BCUT2D eigenvalue weighted by Crippen LogP contribution is 2.21. The lowest BCUT2D eigenvalue weighted by molar-refractivity contribution is 0.0992. The zero-order chi connectivity index (χ0) is 14.5. The van der Waals surface area contributed by atoms with Crippen LogP contribution < -0.4 is 4.74 Å². The first-order valence-corrected chi connectivity index (χ1v) is 7.36. The normalized spacial score (nSPS) is 10.3. The van der Waals surface area contributed by atoms with Gasteiger partial charge >= 0.3 is 0 Å². The number of carbonyl (C=O) groups is 1. The Hall–Kier alpha value is -1.81. The van der Waals surface area contributed by atoms with Gasteiger partial charge in [0.05, 0.1) is 7.11 Å². The van der Waals surface area contributed by atoms with Gasteiger partial charge in [-0.2, -0.15) is 0 Å². The van der Waals surface area contributed by atoms with Gasteiger partial charge in [0.1, 0.15) is 11.6 Å². The molecule has 104 valence electrons. The molecule has 0 heterocycles. The van der Waals surface area contributed by atoms with Crippen molar-refractivity contribution in [3.8, 4) is 5.75 Å². The molecule has 0 radical (unpaired) electrons.